The number of pyridine rings is 2. The molecule has 9 heteroatoms. The van der Waals surface area contributed by atoms with E-state index in [0.29, 0.717) is 34.6 Å². The second-order valence-electron chi connectivity index (χ2n) is 7.94. The maximum Gasteiger partial charge on any atom is 0.416 e. The van der Waals surface area contributed by atoms with Crippen LogP contribution in [0.4, 0.5) is 17.6 Å². The lowest BCUT2D eigenvalue weighted by Gasteiger charge is -2.16. The van der Waals surface area contributed by atoms with Crippen LogP contribution in [0.5, 0.6) is 5.75 Å². The molecular formula is C24H20F4N4O. The zero-order valence-electron chi connectivity index (χ0n) is 17.4. The first kappa shape index (κ1) is 21.4. The van der Waals surface area contributed by atoms with Gasteiger partial charge in [-0.05, 0) is 55.8 Å². The van der Waals surface area contributed by atoms with Crippen LogP contribution in [0.25, 0.3) is 33.4 Å². The van der Waals surface area contributed by atoms with Crippen LogP contribution in [0.1, 0.15) is 18.4 Å². The van der Waals surface area contributed by atoms with Gasteiger partial charge in [0.05, 0.1) is 28.5 Å². The van der Waals surface area contributed by atoms with Crippen LogP contribution < -0.4 is 10.1 Å². The van der Waals surface area contributed by atoms with E-state index in [1.54, 1.807) is 30.6 Å². The van der Waals surface area contributed by atoms with Crippen LogP contribution in [0, 0.1) is 5.82 Å². The van der Waals surface area contributed by atoms with E-state index in [1.165, 1.54) is 6.20 Å². The molecule has 0 amide bonds. The average molecular weight is 456 g/mol. The van der Waals surface area contributed by atoms with Crippen molar-refractivity contribution in [3.8, 4) is 28.1 Å². The van der Waals surface area contributed by atoms with E-state index >= 15 is 0 Å². The Labute approximate surface area is 186 Å². The van der Waals surface area contributed by atoms with Crippen molar-refractivity contribution in [2.75, 3.05) is 13.2 Å². The number of nitrogens with one attached hydrogen (secondary N) is 2. The van der Waals surface area contributed by atoms with Crippen LogP contribution in [-0.2, 0) is 6.18 Å². The Hall–Kier alpha value is -3.46. The predicted molar refractivity (Wildman–Crippen MR) is 116 cm³/mol. The van der Waals surface area contributed by atoms with Gasteiger partial charge in [0.2, 0.25) is 0 Å². The molecule has 2 N–H and O–H groups in total. The Morgan fingerprint density at radius 1 is 1.09 bits per heavy atom. The van der Waals surface area contributed by atoms with Gasteiger partial charge < -0.3 is 15.0 Å². The molecule has 0 saturated carbocycles. The quantitative estimate of drug-likeness (QED) is 0.385. The average Bonchev–Trinajstić information content (AvgIpc) is 3.45. The molecule has 170 valence electrons. The molecule has 1 fully saturated rings. The molecule has 4 aromatic rings. The van der Waals surface area contributed by atoms with Crippen molar-refractivity contribution in [2.24, 2.45) is 0 Å². The van der Waals surface area contributed by atoms with Gasteiger partial charge in [-0.2, -0.15) is 13.2 Å². The molecule has 1 saturated heterocycles. The largest absolute Gasteiger partial charge is 0.490 e. The summed E-state index contributed by atoms with van der Waals surface area (Å²) in [7, 11) is 0. The molecule has 5 rings (SSSR count). The van der Waals surface area contributed by atoms with Crippen molar-refractivity contribution in [1.29, 1.82) is 0 Å². The topological polar surface area (TPSA) is 62.8 Å². The summed E-state index contributed by atoms with van der Waals surface area (Å²) >= 11 is 0. The van der Waals surface area contributed by atoms with Gasteiger partial charge >= 0.3 is 6.18 Å². The minimum atomic E-state index is -4.61. The third kappa shape index (κ3) is 4.16. The number of alkyl halides is 3. The zero-order valence-corrected chi connectivity index (χ0v) is 17.4. The molecule has 1 aromatic carbocycles. The number of rotatable bonds is 5. The number of nitrogens with zero attached hydrogens (tertiary/aromatic N) is 2. The number of hydrogen-bond donors (Lipinski definition) is 2. The van der Waals surface area contributed by atoms with Crippen LogP contribution in [0.2, 0.25) is 0 Å². The third-order valence-electron chi connectivity index (χ3n) is 5.77. The third-order valence-corrected chi connectivity index (χ3v) is 5.77. The lowest BCUT2D eigenvalue weighted by Crippen LogP contribution is -2.28. The fourth-order valence-corrected chi connectivity index (χ4v) is 4.17. The summed E-state index contributed by atoms with van der Waals surface area (Å²) in [6.07, 6.45) is 2.08. The normalized spacial score (nSPS) is 16.4. The van der Waals surface area contributed by atoms with Crippen LogP contribution in [0.3, 0.4) is 0 Å². The maximum atomic E-state index is 14.9. The van der Waals surface area contributed by atoms with Crippen molar-refractivity contribution in [3.63, 3.8) is 0 Å². The Morgan fingerprint density at radius 3 is 2.76 bits per heavy atom. The number of aromatic amines is 1. The van der Waals surface area contributed by atoms with E-state index in [-0.39, 0.29) is 17.2 Å². The summed E-state index contributed by atoms with van der Waals surface area (Å²) < 4.78 is 61.2. The number of ether oxygens (including phenoxy) is 1. The number of hydrogen-bond acceptors (Lipinski definition) is 4. The second kappa shape index (κ2) is 8.47. The zero-order chi connectivity index (χ0) is 23.0. The van der Waals surface area contributed by atoms with Crippen molar-refractivity contribution >= 4 is 11.0 Å². The van der Waals surface area contributed by atoms with Gasteiger partial charge in [-0.1, -0.05) is 0 Å². The van der Waals surface area contributed by atoms with Crippen molar-refractivity contribution in [2.45, 2.75) is 25.1 Å². The summed E-state index contributed by atoms with van der Waals surface area (Å²) in [5.74, 6) is -0.325. The van der Waals surface area contributed by atoms with E-state index in [2.05, 4.69) is 20.3 Å². The van der Waals surface area contributed by atoms with Gasteiger partial charge in [0.1, 0.15) is 18.2 Å². The molecule has 33 heavy (non-hydrogen) atoms. The molecule has 0 aliphatic carbocycles. The fourth-order valence-electron chi connectivity index (χ4n) is 4.17. The van der Waals surface area contributed by atoms with Gasteiger partial charge in [-0.25, -0.2) is 4.39 Å². The first-order valence-electron chi connectivity index (χ1n) is 10.6. The number of fused-ring (bicyclic) bond motifs is 1. The lowest BCUT2D eigenvalue weighted by molar-refractivity contribution is -0.137. The molecule has 1 aliphatic rings. The molecule has 1 aliphatic heterocycles. The summed E-state index contributed by atoms with van der Waals surface area (Å²) in [6, 6.07) is 7.73. The van der Waals surface area contributed by atoms with Crippen LogP contribution in [0.15, 0.2) is 55.0 Å². The van der Waals surface area contributed by atoms with Gasteiger partial charge in [-0.15, -0.1) is 0 Å². The highest BCUT2D eigenvalue weighted by Gasteiger charge is 2.32. The van der Waals surface area contributed by atoms with E-state index < -0.39 is 17.6 Å². The molecule has 0 spiro atoms. The summed E-state index contributed by atoms with van der Waals surface area (Å²) in [5, 5.41) is 3.35. The molecule has 0 bridgehead atoms. The monoisotopic (exact) mass is 456 g/mol. The van der Waals surface area contributed by atoms with Gasteiger partial charge in [-0.3, -0.25) is 9.97 Å². The minimum absolute atomic E-state index is 0.190. The number of aromatic nitrogens is 3. The summed E-state index contributed by atoms with van der Waals surface area (Å²) in [6.45, 7) is 1.35. The highest BCUT2D eigenvalue weighted by Crippen LogP contribution is 2.43. The van der Waals surface area contributed by atoms with Crippen molar-refractivity contribution < 1.29 is 22.3 Å². The van der Waals surface area contributed by atoms with E-state index in [0.717, 1.165) is 37.6 Å². The molecular weight excluding hydrogens is 436 g/mol. The number of H-pyrrole nitrogens is 1. The fraction of sp³-hybridized carbons (Fsp3) is 0.250. The summed E-state index contributed by atoms with van der Waals surface area (Å²) in [4.78, 5) is 11.7. The molecule has 3 aromatic heterocycles. The number of halogens is 4. The standard InChI is InChI=1S/C24H20F4N4O/c25-18-6-5-14(24(26,27)28)11-17(18)21-22(32-19-4-2-9-31-23(19)21)16-7-10-29-12-20(16)33-13-15-3-1-8-30-15/h2,4-7,9-12,15,30,32H,1,3,8,13H2/t15-/m0/s1. The van der Waals surface area contributed by atoms with Crippen molar-refractivity contribution in [1.82, 2.24) is 20.3 Å². The predicted octanol–water partition coefficient (Wildman–Crippen LogP) is 5.58. The number of benzene rings is 1. The van der Waals surface area contributed by atoms with Crippen LogP contribution >= 0.6 is 0 Å². The molecule has 1 atom stereocenters. The molecule has 4 heterocycles. The first-order chi connectivity index (χ1) is 15.9. The molecule has 5 nitrogen and oxygen atoms in total. The summed E-state index contributed by atoms with van der Waals surface area (Å²) in [5.41, 5.74) is 1.03. The second-order valence-corrected chi connectivity index (χ2v) is 7.94. The van der Waals surface area contributed by atoms with E-state index in [4.69, 9.17) is 4.74 Å². The van der Waals surface area contributed by atoms with Gasteiger partial charge in [0, 0.05) is 35.1 Å². The van der Waals surface area contributed by atoms with E-state index in [1.807, 2.05) is 0 Å². The van der Waals surface area contributed by atoms with E-state index in [9.17, 15) is 17.6 Å². The lowest BCUT2D eigenvalue weighted by atomic mass is 9.98. The first-order valence-corrected chi connectivity index (χ1v) is 10.6. The highest BCUT2D eigenvalue weighted by molar-refractivity contribution is 6.02. The Balaban J connectivity index is 1.67. The van der Waals surface area contributed by atoms with Gasteiger partial charge in [0.15, 0.2) is 0 Å². The maximum absolute atomic E-state index is 14.9. The Kier molecular flexibility index (Phi) is 5.49. The smallest absolute Gasteiger partial charge is 0.416 e. The minimum Gasteiger partial charge on any atom is -0.490 e. The molecule has 0 unspecified atom stereocenters. The Bertz CT molecular complexity index is 1300. The van der Waals surface area contributed by atoms with Crippen LogP contribution in [-0.4, -0.2) is 34.1 Å². The van der Waals surface area contributed by atoms with Gasteiger partial charge in [0.25, 0.3) is 0 Å². The van der Waals surface area contributed by atoms with Crippen molar-refractivity contribution in [3.05, 3.63) is 66.4 Å². The Morgan fingerprint density at radius 2 is 1.97 bits per heavy atom. The SMILES string of the molecule is Fc1ccc(C(F)(F)F)cc1-c1c(-c2ccncc2OC[C@@H]2CCCN2)[nH]c2cccnc12. The highest BCUT2D eigenvalue weighted by atomic mass is 19.4. The molecule has 0 radical (unpaired) electrons.